The molecule has 0 aliphatic rings. The highest BCUT2D eigenvalue weighted by Gasteiger charge is 2.18. The van der Waals surface area contributed by atoms with Crippen LogP contribution in [0.15, 0.2) is 12.4 Å². The summed E-state index contributed by atoms with van der Waals surface area (Å²) in [5.74, 6) is -0.535. The van der Waals surface area contributed by atoms with Gasteiger partial charge in [-0.3, -0.25) is 10.7 Å². The Bertz CT molecular complexity index is 579. The van der Waals surface area contributed by atoms with Gasteiger partial charge in [-0.15, -0.1) is 0 Å². The first-order valence-corrected chi connectivity index (χ1v) is 5.64. The second-order valence-corrected chi connectivity index (χ2v) is 3.58. The van der Waals surface area contributed by atoms with E-state index in [4.69, 9.17) is 4.74 Å². The molecule has 2 aromatic heterocycles. The normalized spacial score (nSPS) is 10.6. The minimum atomic E-state index is -0.535. The number of aromatic nitrogens is 3. The van der Waals surface area contributed by atoms with Crippen LogP contribution < -0.4 is 5.48 Å². The van der Waals surface area contributed by atoms with Gasteiger partial charge in [-0.05, 0) is 13.8 Å². The third kappa shape index (κ3) is 1.88. The maximum absolute atomic E-state index is 11.7. The van der Waals surface area contributed by atoms with E-state index in [1.807, 2.05) is 12.4 Å². The second kappa shape index (κ2) is 5.01. The van der Waals surface area contributed by atoms with Crippen LogP contribution in [0.25, 0.3) is 11.0 Å². The second-order valence-electron chi connectivity index (χ2n) is 3.58. The number of hydrogen-bond acceptors (Lipinski definition) is 6. The minimum Gasteiger partial charge on any atom is -0.462 e. The molecule has 2 N–H and O–H groups in total. The van der Waals surface area contributed by atoms with Crippen LogP contribution in [0, 0.1) is 0 Å². The molecule has 2 heterocycles. The Labute approximate surface area is 103 Å². The Hall–Kier alpha value is -2.15. The molecule has 0 fully saturated rings. The molecule has 0 radical (unpaired) electrons. The highest BCUT2D eigenvalue weighted by Crippen LogP contribution is 2.25. The van der Waals surface area contributed by atoms with Crippen molar-refractivity contribution in [3.05, 3.63) is 18.0 Å². The molecule has 0 spiro atoms. The SMILES string of the molecule is CCOC(=O)c1cnc2c(cnn2CC)c1NO. The summed E-state index contributed by atoms with van der Waals surface area (Å²) in [7, 11) is 0. The maximum atomic E-state index is 11.7. The van der Waals surface area contributed by atoms with E-state index in [0.29, 0.717) is 17.6 Å². The van der Waals surface area contributed by atoms with Gasteiger partial charge in [0, 0.05) is 12.7 Å². The van der Waals surface area contributed by atoms with E-state index in [1.54, 1.807) is 17.8 Å². The highest BCUT2D eigenvalue weighted by molar-refractivity contribution is 6.03. The van der Waals surface area contributed by atoms with Gasteiger partial charge in [0.1, 0.15) is 5.56 Å². The molecule has 0 saturated heterocycles. The molecule has 7 heteroatoms. The molecule has 2 rings (SSSR count). The standard InChI is InChI=1S/C11H14N4O3/c1-3-15-10-7(6-13-15)9(14-17)8(5-12-10)11(16)18-4-2/h5-6,17H,3-4H2,1-2H3,(H,12,14). The molecule has 0 aliphatic heterocycles. The highest BCUT2D eigenvalue weighted by atomic mass is 16.5. The molecular formula is C11H14N4O3. The monoisotopic (exact) mass is 250 g/mol. The summed E-state index contributed by atoms with van der Waals surface area (Å²) in [5, 5.41) is 13.9. The fourth-order valence-electron chi connectivity index (χ4n) is 1.74. The van der Waals surface area contributed by atoms with Gasteiger partial charge in [-0.1, -0.05) is 0 Å². The van der Waals surface area contributed by atoms with Crippen molar-refractivity contribution >= 4 is 22.7 Å². The van der Waals surface area contributed by atoms with Gasteiger partial charge < -0.3 is 4.74 Å². The molecule has 0 bridgehead atoms. The van der Waals surface area contributed by atoms with E-state index in [0.717, 1.165) is 0 Å². The number of pyridine rings is 1. The lowest BCUT2D eigenvalue weighted by Gasteiger charge is -2.08. The molecular weight excluding hydrogens is 236 g/mol. The number of ether oxygens (including phenoxy) is 1. The van der Waals surface area contributed by atoms with Crippen molar-refractivity contribution in [2.45, 2.75) is 20.4 Å². The zero-order chi connectivity index (χ0) is 13.1. The summed E-state index contributed by atoms with van der Waals surface area (Å²) in [6.07, 6.45) is 2.92. The number of anilines is 1. The van der Waals surface area contributed by atoms with Crippen LogP contribution in [0.4, 0.5) is 5.69 Å². The van der Waals surface area contributed by atoms with E-state index in [9.17, 15) is 10.0 Å². The summed E-state index contributed by atoms with van der Waals surface area (Å²) >= 11 is 0. The van der Waals surface area contributed by atoms with E-state index in [2.05, 4.69) is 10.1 Å². The first kappa shape index (κ1) is 12.3. The minimum absolute atomic E-state index is 0.183. The van der Waals surface area contributed by atoms with Gasteiger partial charge in [0.15, 0.2) is 5.65 Å². The van der Waals surface area contributed by atoms with Gasteiger partial charge in [0.05, 0.1) is 23.9 Å². The van der Waals surface area contributed by atoms with Crippen molar-refractivity contribution in [2.24, 2.45) is 0 Å². The number of carbonyl (C=O) groups excluding carboxylic acids is 1. The van der Waals surface area contributed by atoms with E-state index in [-0.39, 0.29) is 17.9 Å². The Kier molecular flexibility index (Phi) is 3.42. The van der Waals surface area contributed by atoms with E-state index >= 15 is 0 Å². The number of hydrogen-bond donors (Lipinski definition) is 2. The summed E-state index contributed by atoms with van der Waals surface area (Å²) in [5.41, 5.74) is 3.07. The van der Waals surface area contributed by atoms with Crippen LogP contribution in [0.5, 0.6) is 0 Å². The van der Waals surface area contributed by atoms with Crippen LogP contribution in [0.2, 0.25) is 0 Å². The number of rotatable bonds is 4. The number of aryl methyl sites for hydroxylation is 1. The van der Waals surface area contributed by atoms with Crippen LogP contribution in [0.1, 0.15) is 24.2 Å². The Morgan fingerprint density at radius 2 is 2.28 bits per heavy atom. The average molecular weight is 250 g/mol. The smallest absolute Gasteiger partial charge is 0.341 e. The van der Waals surface area contributed by atoms with Crippen molar-refractivity contribution in [2.75, 3.05) is 12.1 Å². The first-order chi connectivity index (χ1) is 8.72. The van der Waals surface area contributed by atoms with Crippen molar-refractivity contribution in [1.29, 1.82) is 0 Å². The number of carbonyl (C=O) groups is 1. The number of nitrogens with zero attached hydrogens (tertiary/aromatic N) is 3. The number of nitrogens with one attached hydrogen (secondary N) is 1. The molecule has 0 amide bonds. The average Bonchev–Trinajstić information content (AvgIpc) is 2.80. The summed E-state index contributed by atoms with van der Waals surface area (Å²) in [6.45, 7) is 4.56. The van der Waals surface area contributed by atoms with Gasteiger partial charge in [-0.2, -0.15) is 5.10 Å². The maximum Gasteiger partial charge on any atom is 0.341 e. The topological polar surface area (TPSA) is 89.3 Å². The molecule has 7 nitrogen and oxygen atoms in total. The van der Waals surface area contributed by atoms with Gasteiger partial charge in [-0.25, -0.2) is 14.5 Å². The van der Waals surface area contributed by atoms with Crippen molar-refractivity contribution in [3.63, 3.8) is 0 Å². The largest absolute Gasteiger partial charge is 0.462 e. The van der Waals surface area contributed by atoms with Crippen LogP contribution in [0.3, 0.4) is 0 Å². The quantitative estimate of drug-likeness (QED) is 0.630. The zero-order valence-corrected chi connectivity index (χ0v) is 10.2. The zero-order valence-electron chi connectivity index (χ0n) is 10.2. The Balaban J connectivity index is 2.59. The summed E-state index contributed by atoms with van der Waals surface area (Å²) < 4.78 is 6.57. The lowest BCUT2D eigenvalue weighted by Crippen LogP contribution is -2.09. The molecule has 0 aromatic carbocycles. The van der Waals surface area contributed by atoms with Crippen molar-refractivity contribution < 1.29 is 14.7 Å². The predicted octanol–water partition coefficient (Wildman–Crippen LogP) is 1.43. The van der Waals surface area contributed by atoms with Gasteiger partial charge in [0.25, 0.3) is 0 Å². The van der Waals surface area contributed by atoms with Crippen LogP contribution >= 0.6 is 0 Å². The summed E-state index contributed by atoms with van der Waals surface area (Å²) in [4.78, 5) is 15.9. The number of esters is 1. The third-order valence-electron chi connectivity index (χ3n) is 2.57. The molecule has 0 saturated carbocycles. The van der Waals surface area contributed by atoms with E-state index in [1.165, 1.54) is 6.20 Å². The fourth-order valence-corrected chi connectivity index (χ4v) is 1.74. The lowest BCUT2D eigenvalue weighted by molar-refractivity contribution is 0.0526. The fraction of sp³-hybridized carbons (Fsp3) is 0.364. The molecule has 18 heavy (non-hydrogen) atoms. The molecule has 2 aromatic rings. The number of fused-ring (bicyclic) bond motifs is 1. The Morgan fingerprint density at radius 1 is 1.50 bits per heavy atom. The molecule has 0 atom stereocenters. The summed E-state index contributed by atoms with van der Waals surface area (Å²) in [6, 6.07) is 0. The van der Waals surface area contributed by atoms with Crippen LogP contribution in [-0.4, -0.2) is 32.5 Å². The molecule has 0 aliphatic carbocycles. The third-order valence-corrected chi connectivity index (χ3v) is 2.57. The molecule has 0 unspecified atom stereocenters. The lowest BCUT2D eigenvalue weighted by atomic mass is 10.2. The van der Waals surface area contributed by atoms with Gasteiger partial charge >= 0.3 is 5.97 Å². The van der Waals surface area contributed by atoms with Crippen molar-refractivity contribution in [3.8, 4) is 0 Å². The first-order valence-electron chi connectivity index (χ1n) is 5.64. The van der Waals surface area contributed by atoms with Gasteiger partial charge in [0.2, 0.25) is 0 Å². The van der Waals surface area contributed by atoms with E-state index < -0.39 is 5.97 Å². The Morgan fingerprint density at radius 3 is 2.89 bits per heavy atom. The van der Waals surface area contributed by atoms with Crippen LogP contribution in [-0.2, 0) is 11.3 Å². The predicted molar refractivity (Wildman–Crippen MR) is 64.6 cm³/mol. The van der Waals surface area contributed by atoms with Crippen molar-refractivity contribution in [1.82, 2.24) is 14.8 Å². The molecule has 96 valence electrons.